The van der Waals surface area contributed by atoms with Gasteiger partial charge in [-0.3, -0.25) is 4.79 Å². The summed E-state index contributed by atoms with van der Waals surface area (Å²) in [6.07, 6.45) is 0. The summed E-state index contributed by atoms with van der Waals surface area (Å²) >= 11 is 0. The van der Waals surface area contributed by atoms with Gasteiger partial charge in [0.15, 0.2) is 6.04 Å². The van der Waals surface area contributed by atoms with Crippen molar-refractivity contribution in [1.82, 2.24) is 5.32 Å². The molecule has 0 aromatic carbocycles. The molecule has 0 aromatic rings. The van der Waals surface area contributed by atoms with E-state index in [1.54, 1.807) is 13.8 Å². The highest BCUT2D eigenvalue weighted by Crippen LogP contribution is 2.02. The van der Waals surface area contributed by atoms with Crippen molar-refractivity contribution in [3.8, 4) is 0 Å². The molecular formula is C10H20N2O3. The Morgan fingerprint density at radius 1 is 1.13 bits per heavy atom. The standard InChI is InChI=1S/C10H20N2O3/c1-5(2)7(11)9(13)12-8(6(3)4)10(14)15/h5-8H,11H2,1-4H3,(H,12,13)(H,14,15)/t7-,8+/m1/s1. The lowest BCUT2D eigenvalue weighted by molar-refractivity contribution is -0.414. The van der Waals surface area contributed by atoms with Gasteiger partial charge in [-0.05, 0) is 5.92 Å². The van der Waals surface area contributed by atoms with Crippen molar-refractivity contribution in [2.45, 2.75) is 39.8 Å². The van der Waals surface area contributed by atoms with Crippen molar-refractivity contribution in [3.05, 3.63) is 0 Å². The average Bonchev–Trinajstić information content (AvgIpc) is 2.11. The Morgan fingerprint density at radius 2 is 1.60 bits per heavy atom. The largest absolute Gasteiger partial charge is 0.548 e. The highest BCUT2D eigenvalue weighted by atomic mass is 16.4. The first-order valence-electron chi connectivity index (χ1n) is 5.11. The number of quaternary nitrogens is 1. The second-order valence-corrected chi connectivity index (χ2v) is 4.40. The van der Waals surface area contributed by atoms with Crippen LogP contribution >= 0.6 is 0 Å². The van der Waals surface area contributed by atoms with E-state index in [1.165, 1.54) is 0 Å². The highest BCUT2D eigenvalue weighted by Gasteiger charge is 2.25. The van der Waals surface area contributed by atoms with Gasteiger partial charge >= 0.3 is 0 Å². The van der Waals surface area contributed by atoms with Crippen LogP contribution in [-0.4, -0.2) is 24.0 Å². The first kappa shape index (κ1) is 13.9. The van der Waals surface area contributed by atoms with E-state index in [4.69, 9.17) is 0 Å². The van der Waals surface area contributed by atoms with Crippen LogP contribution in [0.25, 0.3) is 0 Å². The van der Waals surface area contributed by atoms with Gasteiger partial charge < -0.3 is 21.0 Å². The summed E-state index contributed by atoms with van der Waals surface area (Å²) in [6, 6.07) is -1.38. The molecule has 0 bridgehead atoms. The number of rotatable bonds is 5. The molecule has 0 spiro atoms. The molecule has 0 aliphatic carbocycles. The molecule has 5 nitrogen and oxygen atoms in total. The number of hydrogen-bond acceptors (Lipinski definition) is 3. The fourth-order valence-corrected chi connectivity index (χ4v) is 1.06. The topological polar surface area (TPSA) is 96.9 Å². The molecule has 0 aromatic heterocycles. The maximum absolute atomic E-state index is 11.5. The molecule has 0 aliphatic heterocycles. The molecule has 15 heavy (non-hydrogen) atoms. The number of carbonyl (C=O) groups is 2. The third kappa shape index (κ3) is 4.29. The Bertz CT molecular complexity index is 239. The van der Waals surface area contributed by atoms with Gasteiger partial charge in [-0.1, -0.05) is 27.7 Å². The molecule has 0 aliphatic rings. The lowest BCUT2D eigenvalue weighted by Gasteiger charge is -2.24. The molecule has 0 fully saturated rings. The number of aliphatic carboxylic acids is 1. The summed E-state index contributed by atoms with van der Waals surface area (Å²) in [5, 5.41) is 13.2. The van der Waals surface area contributed by atoms with E-state index in [0.717, 1.165) is 0 Å². The molecule has 1 amide bonds. The Kier molecular flexibility index (Phi) is 5.28. The van der Waals surface area contributed by atoms with Gasteiger partial charge in [0.2, 0.25) is 0 Å². The second-order valence-electron chi connectivity index (χ2n) is 4.40. The molecule has 0 heterocycles. The monoisotopic (exact) mass is 216 g/mol. The Balaban J connectivity index is 4.43. The smallest absolute Gasteiger partial charge is 0.278 e. The fraction of sp³-hybridized carbons (Fsp3) is 0.800. The van der Waals surface area contributed by atoms with E-state index in [1.807, 2.05) is 13.8 Å². The van der Waals surface area contributed by atoms with Gasteiger partial charge in [0, 0.05) is 5.92 Å². The molecule has 4 N–H and O–H groups in total. The zero-order chi connectivity index (χ0) is 12.2. The molecule has 88 valence electrons. The maximum atomic E-state index is 11.5. The van der Waals surface area contributed by atoms with Crippen molar-refractivity contribution >= 4 is 11.9 Å². The SMILES string of the molecule is CC(C)[C@H](NC(=O)[C@H]([NH3+])C(C)C)C(=O)[O-]. The Labute approximate surface area is 90.0 Å². The zero-order valence-electron chi connectivity index (χ0n) is 9.74. The summed E-state index contributed by atoms with van der Waals surface area (Å²) in [5.74, 6) is -1.71. The van der Waals surface area contributed by atoms with E-state index in [2.05, 4.69) is 11.1 Å². The number of carbonyl (C=O) groups excluding carboxylic acids is 2. The third-order valence-electron chi connectivity index (χ3n) is 2.36. The predicted molar refractivity (Wildman–Crippen MR) is 53.3 cm³/mol. The first-order chi connectivity index (χ1) is 6.77. The summed E-state index contributed by atoms with van der Waals surface area (Å²) in [6.45, 7) is 7.16. The van der Waals surface area contributed by atoms with Crippen molar-refractivity contribution < 1.29 is 20.4 Å². The minimum Gasteiger partial charge on any atom is -0.548 e. The van der Waals surface area contributed by atoms with Crippen LogP contribution in [0, 0.1) is 11.8 Å². The highest BCUT2D eigenvalue weighted by molar-refractivity contribution is 5.85. The molecule has 0 unspecified atom stereocenters. The van der Waals surface area contributed by atoms with Crippen LogP contribution in [0.15, 0.2) is 0 Å². The number of nitrogens with one attached hydrogen (secondary N) is 1. The van der Waals surface area contributed by atoms with Crippen molar-refractivity contribution in [2.24, 2.45) is 11.8 Å². The summed E-state index contributed by atoms with van der Waals surface area (Å²) < 4.78 is 0. The van der Waals surface area contributed by atoms with E-state index >= 15 is 0 Å². The fourth-order valence-electron chi connectivity index (χ4n) is 1.06. The Hall–Kier alpha value is -1.10. The van der Waals surface area contributed by atoms with Crippen LogP contribution in [0.3, 0.4) is 0 Å². The quantitative estimate of drug-likeness (QED) is 0.564. The first-order valence-corrected chi connectivity index (χ1v) is 5.11. The summed E-state index contributed by atoms with van der Waals surface area (Å²) in [7, 11) is 0. The molecule has 0 radical (unpaired) electrons. The van der Waals surface area contributed by atoms with Gasteiger partial charge in [0.25, 0.3) is 5.91 Å². The lowest BCUT2D eigenvalue weighted by Crippen LogP contribution is -2.71. The predicted octanol–water partition coefficient (Wildman–Crippen LogP) is -1.86. The van der Waals surface area contributed by atoms with Gasteiger partial charge in [0.05, 0.1) is 12.0 Å². The van der Waals surface area contributed by atoms with Gasteiger partial charge in [-0.15, -0.1) is 0 Å². The van der Waals surface area contributed by atoms with Crippen molar-refractivity contribution in [2.75, 3.05) is 0 Å². The minimum atomic E-state index is -1.26. The van der Waals surface area contributed by atoms with Crippen molar-refractivity contribution in [1.29, 1.82) is 0 Å². The number of amides is 1. The molecule has 5 heteroatoms. The maximum Gasteiger partial charge on any atom is 0.278 e. The Morgan fingerprint density at radius 3 is 1.87 bits per heavy atom. The zero-order valence-corrected chi connectivity index (χ0v) is 9.74. The molecular weight excluding hydrogens is 196 g/mol. The lowest BCUT2D eigenvalue weighted by atomic mass is 10.0. The van der Waals surface area contributed by atoms with E-state index < -0.39 is 18.1 Å². The summed E-state index contributed by atoms with van der Waals surface area (Å²) in [4.78, 5) is 22.3. The summed E-state index contributed by atoms with van der Waals surface area (Å²) in [5.41, 5.74) is 3.68. The van der Waals surface area contributed by atoms with Crippen LogP contribution in [0.1, 0.15) is 27.7 Å². The van der Waals surface area contributed by atoms with Crippen LogP contribution in [-0.2, 0) is 9.59 Å². The van der Waals surface area contributed by atoms with E-state index in [9.17, 15) is 14.7 Å². The van der Waals surface area contributed by atoms with Gasteiger partial charge in [-0.25, -0.2) is 0 Å². The van der Waals surface area contributed by atoms with E-state index in [0.29, 0.717) is 0 Å². The molecule has 2 atom stereocenters. The van der Waals surface area contributed by atoms with Crippen molar-refractivity contribution in [3.63, 3.8) is 0 Å². The minimum absolute atomic E-state index is 0.0829. The number of carboxylic acids is 1. The van der Waals surface area contributed by atoms with E-state index in [-0.39, 0.29) is 17.7 Å². The normalized spacial score (nSPS) is 15.1. The van der Waals surface area contributed by atoms with Crippen LogP contribution in [0.4, 0.5) is 0 Å². The van der Waals surface area contributed by atoms with Crippen LogP contribution in [0.5, 0.6) is 0 Å². The van der Waals surface area contributed by atoms with Gasteiger partial charge in [-0.2, -0.15) is 0 Å². The van der Waals surface area contributed by atoms with Crippen LogP contribution < -0.4 is 16.2 Å². The van der Waals surface area contributed by atoms with Crippen LogP contribution in [0.2, 0.25) is 0 Å². The number of hydrogen-bond donors (Lipinski definition) is 2. The number of carboxylic acid groups (broad SMARTS) is 1. The molecule has 0 saturated carbocycles. The van der Waals surface area contributed by atoms with Gasteiger partial charge in [0.1, 0.15) is 0 Å². The third-order valence-corrected chi connectivity index (χ3v) is 2.36. The second kappa shape index (κ2) is 5.70. The molecule has 0 saturated heterocycles. The molecule has 0 rings (SSSR count). The average molecular weight is 216 g/mol.